The summed E-state index contributed by atoms with van der Waals surface area (Å²) in [6, 6.07) is -0.285. The molecule has 6 heteroatoms. The van der Waals surface area contributed by atoms with E-state index in [0.29, 0.717) is 6.42 Å². The van der Waals surface area contributed by atoms with E-state index in [1.807, 2.05) is 13.8 Å². The molecule has 0 spiro atoms. The molecule has 0 aliphatic heterocycles. The Morgan fingerprint density at radius 2 is 1.29 bits per heavy atom. The Kier molecular flexibility index (Phi) is 4.74. The number of halogens is 5. The van der Waals surface area contributed by atoms with Gasteiger partial charge in [-0.15, -0.1) is 0 Å². The molecule has 0 amide bonds. The molecule has 0 bridgehead atoms. The maximum atomic E-state index is 13.7. The average Bonchev–Trinajstić information content (AvgIpc) is 2.48. The van der Waals surface area contributed by atoms with Crippen LogP contribution in [0.15, 0.2) is 0 Å². The molecule has 2 atom stereocenters. The molecule has 21 heavy (non-hydrogen) atoms. The fourth-order valence-corrected chi connectivity index (χ4v) is 3.05. The lowest BCUT2D eigenvalue weighted by molar-refractivity contribution is 0.252. The quantitative estimate of drug-likeness (QED) is 0.470. The van der Waals surface area contributed by atoms with Gasteiger partial charge in [-0.05, 0) is 24.7 Å². The largest absolute Gasteiger partial charge is 0.377 e. The van der Waals surface area contributed by atoms with Gasteiger partial charge in [0.2, 0.25) is 5.82 Å². The van der Waals surface area contributed by atoms with Gasteiger partial charge in [0.15, 0.2) is 23.3 Å². The van der Waals surface area contributed by atoms with Crippen molar-refractivity contribution in [1.82, 2.24) is 0 Å². The minimum atomic E-state index is -2.13. The van der Waals surface area contributed by atoms with E-state index in [0.717, 1.165) is 19.3 Å². The van der Waals surface area contributed by atoms with Crippen molar-refractivity contribution in [2.75, 3.05) is 5.32 Å². The number of hydrogen-bond acceptors (Lipinski definition) is 1. The summed E-state index contributed by atoms with van der Waals surface area (Å²) in [4.78, 5) is 0. The van der Waals surface area contributed by atoms with Crippen molar-refractivity contribution in [1.29, 1.82) is 0 Å². The second kappa shape index (κ2) is 6.20. The SMILES string of the molecule is CC(C)C1CCCCC1Nc1c(F)c(F)c(F)c(F)c1F. The smallest absolute Gasteiger partial charge is 0.200 e. The number of nitrogens with one attached hydrogen (secondary N) is 1. The van der Waals surface area contributed by atoms with E-state index in [-0.39, 0.29) is 17.9 Å². The molecule has 1 saturated carbocycles. The Balaban J connectivity index is 2.34. The first kappa shape index (κ1) is 16.0. The molecule has 1 N–H and O–H groups in total. The fourth-order valence-electron chi connectivity index (χ4n) is 3.05. The lowest BCUT2D eigenvalue weighted by Crippen LogP contribution is -2.36. The van der Waals surface area contributed by atoms with Gasteiger partial charge in [-0.2, -0.15) is 0 Å². The lowest BCUT2D eigenvalue weighted by atomic mass is 9.77. The Morgan fingerprint density at radius 1 is 0.810 bits per heavy atom. The van der Waals surface area contributed by atoms with Gasteiger partial charge in [0.1, 0.15) is 5.69 Å². The lowest BCUT2D eigenvalue weighted by Gasteiger charge is -2.35. The number of rotatable bonds is 3. The minimum absolute atomic E-state index is 0.147. The van der Waals surface area contributed by atoms with E-state index in [1.165, 1.54) is 0 Å². The summed E-state index contributed by atoms with van der Waals surface area (Å²) in [7, 11) is 0. The zero-order valence-electron chi connectivity index (χ0n) is 12.0. The molecule has 0 saturated heterocycles. The monoisotopic (exact) mass is 307 g/mol. The fraction of sp³-hybridized carbons (Fsp3) is 0.600. The van der Waals surface area contributed by atoms with Crippen LogP contribution in [-0.2, 0) is 0 Å². The predicted molar refractivity (Wildman–Crippen MR) is 70.4 cm³/mol. The van der Waals surface area contributed by atoms with E-state index in [4.69, 9.17) is 0 Å². The molecule has 118 valence electrons. The standard InChI is InChI=1S/C15H18F5N/c1-7(2)8-5-3-4-6-9(8)21-15-13(19)11(17)10(16)12(18)14(15)20/h7-9,21H,3-6H2,1-2H3. The van der Waals surface area contributed by atoms with Crippen LogP contribution in [0.5, 0.6) is 0 Å². The average molecular weight is 307 g/mol. The zero-order valence-corrected chi connectivity index (χ0v) is 12.0. The maximum absolute atomic E-state index is 13.7. The van der Waals surface area contributed by atoms with Crippen LogP contribution in [-0.4, -0.2) is 6.04 Å². The zero-order chi connectivity index (χ0) is 15.7. The number of hydrogen-bond donors (Lipinski definition) is 1. The van der Waals surface area contributed by atoms with Crippen molar-refractivity contribution in [3.63, 3.8) is 0 Å². The van der Waals surface area contributed by atoms with Crippen LogP contribution in [0, 0.1) is 40.9 Å². The van der Waals surface area contributed by atoms with Gasteiger partial charge in [-0.1, -0.05) is 26.7 Å². The van der Waals surface area contributed by atoms with E-state index in [1.54, 1.807) is 0 Å². The van der Waals surface area contributed by atoms with Gasteiger partial charge in [0.25, 0.3) is 0 Å². The highest BCUT2D eigenvalue weighted by molar-refractivity contribution is 5.48. The van der Waals surface area contributed by atoms with Crippen molar-refractivity contribution in [2.24, 2.45) is 11.8 Å². The van der Waals surface area contributed by atoms with Crippen molar-refractivity contribution >= 4 is 5.69 Å². The third-order valence-corrected chi connectivity index (χ3v) is 4.22. The van der Waals surface area contributed by atoms with Gasteiger partial charge in [-0.3, -0.25) is 0 Å². The molecule has 1 aliphatic rings. The summed E-state index contributed by atoms with van der Waals surface area (Å²) >= 11 is 0. The summed E-state index contributed by atoms with van der Waals surface area (Å²) in [5.74, 6) is -9.11. The number of anilines is 1. The molecule has 2 unspecified atom stereocenters. The van der Waals surface area contributed by atoms with Gasteiger partial charge >= 0.3 is 0 Å². The van der Waals surface area contributed by atoms with Gasteiger partial charge in [-0.25, -0.2) is 22.0 Å². The van der Waals surface area contributed by atoms with Crippen LogP contribution < -0.4 is 5.32 Å². The Morgan fingerprint density at radius 3 is 1.81 bits per heavy atom. The van der Waals surface area contributed by atoms with Crippen LogP contribution in [0.1, 0.15) is 39.5 Å². The summed E-state index contributed by atoms with van der Waals surface area (Å²) < 4.78 is 66.9. The van der Waals surface area contributed by atoms with Gasteiger partial charge in [0, 0.05) is 6.04 Å². The van der Waals surface area contributed by atoms with E-state index < -0.39 is 34.8 Å². The van der Waals surface area contributed by atoms with E-state index in [2.05, 4.69) is 5.32 Å². The number of benzene rings is 1. The highest BCUT2D eigenvalue weighted by Gasteiger charge is 2.32. The Hall–Kier alpha value is -1.33. The molecule has 0 heterocycles. The predicted octanol–water partition coefficient (Wildman–Crippen LogP) is 5.01. The van der Waals surface area contributed by atoms with Crippen LogP contribution in [0.4, 0.5) is 27.6 Å². The maximum Gasteiger partial charge on any atom is 0.200 e. The van der Waals surface area contributed by atoms with Crippen molar-refractivity contribution in [2.45, 2.75) is 45.6 Å². The summed E-state index contributed by atoms with van der Waals surface area (Å²) in [5.41, 5.74) is -0.913. The molecule has 1 aromatic rings. The Bertz CT molecular complexity index is 500. The minimum Gasteiger partial charge on any atom is -0.377 e. The Labute approximate surface area is 120 Å². The van der Waals surface area contributed by atoms with Crippen LogP contribution in [0.2, 0.25) is 0 Å². The second-order valence-corrected chi connectivity index (χ2v) is 5.89. The third-order valence-electron chi connectivity index (χ3n) is 4.22. The van der Waals surface area contributed by atoms with Crippen molar-refractivity contribution in [3.8, 4) is 0 Å². The summed E-state index contributed by atoms with van der Waals surface area (Å²) in [6.07, 6.45) is 3.42. The first-order chi connectivity index (χ1) is 9.84. The van der Waals surface area contributed by atoms with Crippen molar-refractivity contribution in [3.05, 3.63) is 29.1 Å². The van der Waals surface area contributed by atoms with Crippen LogP contribution in [0.3, 0.4) is 0 Å². The van der Waals surface area contributed by atoms with E-state index >= 15 is 0 Å². The third kappa shape index (κ3) is 2.99. The molecule has 0 aromatic heterocycles. The second-order valence-electron chi connectivity index (χ2n) is 5.89. The molecule has 0 radical (unpaired) electrons. The highest BCUT2D eigenvalue weighted by Crippen LogP contribution is 2.35. The molecule has 1 aromatic carbocycles. The molecule has 2 rings (SSSR count). The molecule has 1 aliphatic carbocycles. The normalized spacial score (nSPS) is 22.7. The molecule has 1 nitrogen and oxygen atoms in total. The molecule has 1 fully saturated rings. The molecular formula is C15H18F5N. The van der Waals surface area contributed by atoms with Crippen molar-refractivity contribution < 1.29 is 22.0 Å². The van der Waals surface area contributed by atoms with Gasteiger partial charge in [0.05, 0.1) is 0 Å². The highest BCUT2D eigenvalue weighted by atomic mass is 19.2. The van der Waals surface area contributed by atoms with Gasteiger partial charge < -0.3 is 5.32 Å². The first-order valence-electron chi connectivity index (χ1n) is 7.12. The van der Waals surface area contributed by atoms with E-state index in [9.17, 15) is 22.0 Å². The van der Waals surface area contributed by atoms with Crippen LogP contribution in [0.25, 0.3) is 0 Å². The summed E-state index contributed by atoms with van der Waals surface area (Å²) in [5, 5.41) is 2.56. The first-order valence-corrected chi connectivity index (χ1v) is 7.12. The molecular weight excluding hydrogens is 289 g/mol. The topological polar surface area (TPSA) is 12.0 Å². The van der Waals surface area contributed by atoms with Crippen LogP contribution >= 0.6 is 0 Å². The summed E-state index contributed by atoms with van der Waals surface area (Å²) in [6.45, 7) is 3.98.